The van der Waals surface area contributed by atoms with Crippen molar-refractivity contribution in [2.24, 2.45) is 5.41 Å². The number of nitrogens with zero attached hydrogens (tertiary/aromatic N) is 2. The fourth-order valence-corrected chi connectivity index (χ4v) is 3.02. The van der Waals surface area contributed by atoms with Crippen LogP contribution in [0.3, 0.4) is 0 Å². The standard InChI is InChI=1S/C14H22N4/c1-14(5-7-15-8-6-14)9-16-13-11-3-2-4-12(11)17-10-18-13/h10,15H,2-9H2,1H3,(H,16,17,18). The van der Waals surface area contributed by atoms with E-state index in [9.17, 15) is 0 Å². The molecular formula is C14H22N4. The molecule has 1 aliphatic carbocycles. The van der Waals surface area contributed by atoms with Gasteiger partial charge in [-0.1, -0.05) is 6.92 Å². The molecule has 0 spiro atoms. The molecule has 1 aromatic heterocycles. The maximum atomic E-state index is 4.43. The van der Waals surface area contributed by atoms with Crippen LogP contribution in [0, 0.1) is 5.41 Å². The van der Waals surface area contributed by atoms with Crippen LogP contribution < -0.4 is 10.6 Å². The lowest BCUT2D eigenvalue weighted by Crippen LogP contribution is -2.39. The lowest BCUT2D eigenvalue weighted by molar-refractivity contribution is 0.247. The van der Waals surface area contributed by atoms with Crippen molar-refractivity contribution in [3.8, 4) is 0 Å². The van der Waals surface area contributed by atoms with Gasteiger partial charge in [-0.15, -0.1) is 0 Å². The predicted octanol–water partition coefficient (Wildman–Crippen LogP) is 1.77. The van der Waals surface area contributed by atoms with Crippen molar-refractivity contribution in [2.75, 3.05) is 25.0 Å². The van der Waals surface area contributed by atoms with Crippen molar-refractivity contribution >= 4 is 5.82 Å². The molecule has 2 N–H and O–H groups in total. The Labute approximate surface area is 109 Å². The number of aryl methyl sites for hydroxylation is 1. The van der Waals surface area contributed by atoms with Gasteiger partial charge in [0.1, 0.15) is 12.1 Å². The number of hydrogen-bond acceptors (Lipinski definition) is 4. The zero-order valence-corrected chi connectivity index (χ0v) is 11.1. The van der Waals surface area contributed by atoms with E-state index in [1.165, 1.54) is 30.5 Å². The van der Waals surface area contributed by atoms with Gasteiger partial charge in [0.05, 0.1) is 0 Å². The van der Waals surface area contributed by atoms with E-state index in [4.69, 9.17) is 0 Å². The van der Waals surface area contributed by atoms with E-state index in [-0.39, 0.29) is 0 Å². The van der Waals surface area contributed by atoms with Crippen LogP contribution in [0.1, 0.15) is 37.4 Å². The summed E-state index contributed by atoms with van der Waals surface area (Å²) in [6.07, 6.45) is 7.67. The Bertz CT molecular complexity index is 424. The second-order valence-corrected chi connectivity index (χ2v) is 5.92. The Kier molecular flexibility index (Phi) is 3.20. The van der Waals surface area contributed by atoms with Gasteiger partial charge in [-0.3, -0.25) is 0 Å². The molecule has 1 saturated heterocycles. The second kappa shape index (κ2) is 4.84. The summed E-state index contributed by atoms with van der Waals surface area (Å²) in [6.45, 7) is 5.68. The topological polar surface area (TPSA) is 49.8 Å². The minimum atomic E-state index is 0.404. The number of anilines is 1. The van der Waals surface area contributed by atoms with E-state index >= 15 is 0 Å². The molecule has 2 heterocycles. The van der Waals surface area contributed by atoms with Crippen LogP contribution in [0.15, 0.2) is 6.33 Å². The van der Waals surface area contributed by atoms with Crippen LogP contribution in [-0.2, 0) is 12.8 Å². The molecule has 4 nitrogen and oxygen atoms in total. The highest BCUT2D eigenvalue weighted by Crippen LogP contribution is 2.30. The largest absolute Gasteiger partial charge is 0.369 e. The van der Waals surface area contributed by atoms with Gasteiger partial charge in [-0.05, 0) is 50.6 Å². The highest BCUT2D eigenvalue weighted by Gasteiger charge is 2.27. The van der Waals surface area contributed by atoms with Gasteiger partial charge in [0.25, 0.3) is 0 Å². The van der Waals surface area contributed by atoms with Gasteiger partial charge in [-0.2, -0.15) is 0 Å². The third-order valence-corrected chi connectivity index (χ3v) is 4.37. The van der Waals surface area contributed by atoms with Crippen molar-refractivity contribution < 1.29 is 0 Å². The molecule has 0 radical (unpaired) electrons. The van der Waals surface area contributed by atoms with Gasteiger partial charge >= 0.3 is 0 Å². The van der Waals surface area contributed by atoms with E-state index in [1.807, 2.05) is 0 Å². The third-order valence-electron chi connectivity index (χ3n) is 4.37. The average molecular weight is 246 g/mol. The normalized spacial score (nSPS) is 21.6. The maximum absolute atomic E-state index is 4.43. The smallest absolute Gasteiger partial charge is 0.132 e. The van der Waals surface area contributed by atoms with Crippen LogP contribution in [0.4, 0.5) is 5.82 Å². The first-order chi connectivity index (χ1) is 8.77. The number of rotatable bonds is 3. The van der Waals surface area contributed by atoms with Gasteiger partial charge < -0.3 is 10.6 Å². The molecule has 0 atom stereocenters. The molecule has 4 heteroatoms. The van der Waals surface area contributed by atoms with E-state index < -0.39 is 0 Å². The number of piperidine rings is 1. The van der Waals surface area contributed by atoms with Crippen LogP contribution in [0.25, 0.3) is 0 Å². The summed E-state index contributed by atoms with van der Waals surface area (Å²) < 4.78 is 0. The van der Waals surface area contributed by atoms with Crippen molar-refractivity contribution in [3.63, 3.8) is 0 Å². The Morgan fingerprint density at radius 2 is 2.11 bits per heavy atom. The molecule has 1 aliphatic heterocycles. The maximum Gasteiger partial charge on any atom is 0.132 e. The van der Waals surface area contributed by atoms with Crippen molar-refractivity contribution in [1.82, 2.24) is 15.3 Å². The van der Waals surface area contributed by atoms with Crippen LogP contribution in [0.5, 0.6) is 0 Å². The zero-order valence-electron chi connectivity index (χ0n) is 11.1. The Morgan fingerprint density at radius 1 is 1.28 bits per heavy atom. The van der Waals surface area contributed by atoms with Gasteiger partial charge in [0.2, 0.25) is 0 Å². The molecule has 0 bridgehead atoms. The zero-order chi connectivity index (χ0) is 12.4. The Balaban J connectivity index is 1.68. The summed E-state index contributed by atoms with van der Waals surface area (Å²) in [7, 11) is 0. The molecule has 0 unspecified atom stereocenters. The molecule has 0 amide bonds. The fraction of sp³-hybridized carbons (Fsp3) is 0.714. The SMILES string of the molecule is CC1(CNc2ncnc3c2CCC3)CCNCC1. The summed E-state index contributed by atoms with van der Waals surface area (Å²) in [6, 6.07) is 0. The fourth-order valence-electron chi connectivity index (χ4n) is 3.02. The predicted molar refractivity (Wildman–Crippen MR) is 72.8 cm³/mol. The molecule has 18 heavy (non-hydrogen) atoms. The van der Waals surface area contributed by atoms with Gasteiger partial charge in [-0.25, -0.2) is 9.97 Å². The summed E-state index contributed by atoms with van der Waals surface area (Å²) in [5.41, 5.74) is 3.01. The molecule has 2 aliphatic rings. The number of fused-ring (bicyclic) bond motifs is 1. The molecular weight excluding hydrogens is 224 g/mol. The Morgan fingerprint density at radius 3 is 2.94 bits per heavy atom. The first-order valence-corrected chi connectivity index (χ1v) is 7.04. The molecule has 1 fully saturated rings. The summed E-state index contributed by atoms with van der Waals surface area (Å²) in [5, 5.41) is 7.00. The number of aromatic nitrogens is 2. The molecule has 0 aromatic carbocycles. The number of nitrogens with one attached hydrogen (secondary N) is 2. The van der Waals surface area contributed by atoms with Crippen LogP contribution in [-0.4, -0.2) is 29.6 Å². The van der Waals surface area contributed by atoms with Crippen LogP contribution >= 0.6 is 0 Å². The highest BCUT2D eigenvalue weighted by atomic mass is 15.0. The molecule has 3 rings (SSSR count). The van der Waals surface area contributed by atoms with E-state index in [1.54, 1.807) is 6.33 Å². The lowest BCUT2D eigenvalue weighted by Gasteiger charge is -2.34. The third kappa shape index (κ3) is 2.34. The molecule has 1 aromatic rings. The monoisotopic (exact) mass is 246 g/mol. The summed E-state index contributed by atoms with van der Waals surface area (Å²) in [4.78, 5) is 8.80. The summed E-state index contributed by atoms with van der Waals surface area (Å²) in [5.74, 6) is 1.08. The highest BCUT2D eigenvalue weighted by molar-refractivity contribution is 5.48. The van der Waals surface area contributed by atoms with Crippen molar-refractivity contribution in [3.05, 3.63) is 17.6 Å². The van der Waals surface area contributed by atoms with Gasteiger partial charge in [0, 0.05) is 17.8 Å². The average Bonchev–Trinajstić information content (AvgIpc) is 2.86. The second-order valence-electron chi connectivity index (χ2n) is 5.92. The molecule has 98 valence electrons. The first kappa shape index (κ1) is 11.9. The van der Waals surface area contributed by atoms with E-state index in [0.717, 1.165) is 38.3 Å². The van der Waals surface area contributed by atoms with E-state index in [2.05, 4.69) is 27.5 Å². The van der Waals surface area contributed by atoms with Crippen LogP contribution in [0.2, 0.25) is 0 Å². The van der Waals surface area contributed by atoms with Crippen molar-refractivity contribution in [1.29, 1.82) is 0 Å². The van der Waals surface area contributed by atoms with Crippen molar-refractivity contribution in [2.45, 2.75) is 39.0 Å². The molecule has 0 saturated carbocycles. The Hall–Kier alpha value is -1.16. The van der Waals surface area contributed by atoms with Gasteiger partial charge in [0.15, 0.2) is 0 Å². The van der Waals surface area contributed by atoms with E-state index in [0.29, 0.717) is 5.41 Å². The quantitative estimate of drug-likeness (QED) is 0.853. The number of hydrogen-bond donors (Lipinski definition) is 2. The minimum Gasteiger partial charge on any atom is -0.369 e. The first-order valence-electron chi connectivity index (χ1n) is 7.04. The summed E-state index contributed by atoms with van der Waals surface area (Å²) >= 11 is 0. The minimum absolute atomic E-state index is 0.404. The lowest BCUT2D eigenvalue weighted by atomic mass is 9.81.